The van der Waals surface area contributed by atoms with E-state index in [0.717, 1.165) is 40.0 Å². The van der Waals surface area contributed by atoms with Crippen LogP contribution in [0.1, 0.15) is 54.5 Å². The van der Waals surface area contributed by atoms with Gasteiger partial charge in [0.15, 0.2) is 5.76 Å². The topological polar surface area (TPSA) is 55.1 Å². The molecule has 0 aromatic carbocycles. The number of hydrogen-bond acceptors (Lipinski definition) is 5. The molecule has 0 amide bonds. The van der Waals surface area contributed by atoms with Crippen LogP contribution >= 0.6 is 0 Å². The molecule has 2 aromatic rings. The van der Waals surface area contributed by atoms with Gasteiger partial charge < -0.3 is 4.52 Å². The third kappa shape index (κ3) is 2.78. The summed E-state index contributed by atoms with van der Waals surface area (Å²) in [6.45, 7) is 8.39. The molecule has 5 heteroatoms. The van der Waals surface area contributed by atoms with E-state index in [-0.39, 0.29) is 0 Å². The molecule has 2 aromatic heterocycles. The summed E-state index contributed by atoms with van der Waals surface area (Å²) in [4.78, 5) is 11.9. The van der Waals surface area contributed by atoms with Gasteiger partial charge in [-0.25, -0.2) is 9.97 Å². The highest BCUT2D eigenvalue weighted by molar-refractivity contribution is 5.64. The lowest BCUT2D eigenvalue weighted by Gasteiger charge is -2.25. The minimum atomic E-state index is 0.386. The van der Waals surface area contributed by atoms with Crippen LogP contribution in [-0.4, -0.2) is 33.1 Å². The molecule has 23 heavy (non-hydrogen) atoms. The van der Waals surface area contributed by atoms with E-state index in [0.29, 0.717) is 6.04 Å². The van der Waals surface area contributed by atoms with Crippen LogP contribution in [0.2, 0.25) is 0 Å². The van der Waals surface area contributed by atoms with Crippen molar-refractivity contribution in [1.29, 1.82) is 0 Å². The second kappa shape index (κ2) is 5.71. The minimum absolute atomic E-state index is 0.386. The van der Waals surface area contributed by atoms with Crippen molar-refractivity contribution in [1.82, 2.24) is 20.0 Å². The summed E-state index contributed by atoms with van der Waals surface area (Å²) in [6, 6.07) is 0.386. The largest absolute Gasteiger partial charge is 0.356 e. The fourth-order valence-electron chi connectivity index (χ4n) is 3.57. The Balaban J connectivity index is 1.74. The Labute approximate surface area is 137 Å². The Morgan fingerprint density at radius 1 is 1.22 bits per heavy atom. The molecular weight excluding hydrogens is 288 g/mol. The molecule has 3 heterocycles. The maximum absolute atomic E-state index is 5.60. The molecule has 1 unspecified atom stereocenters. The summed E-state index contributed by atoms with van der Waals surface area (Å²) in [5.41, 5.74) is 4.16. The van der Waals surface area contributed by atoms with Gasteiger partial charge in [0.1, 0.15) is 5.82 Å². The van der Waals surface area contributed by atoms with Crippen LogP contribution in [0, 0.1) is 26.7 Å². The van der Waals surface area contributed by atoms with Gasteiger partial charge in [-0.1, -0.05) is 5.16 Å². The van der Waals surface area contributed by atoms with Gasteiger partial charge in [-0.05, 0) is 58.9 Å². The fourth-order valence-corrected chi connectivity index (χ4v) is 3.57. The quantitative estimate of drug-likeness (QED) is 0.863. The fraction of sp³-hybridized carbons (Fsp3) is 0.611. The van der Waals surface area contributed by atoms with Gasteiger partial charge in [0.2, 0.25) is 0 Å². The summed E-state index contributed by atoms with van der Waals surface area (Å²) >= 11 is 0. The highest BCUT2D eigenvalue weighted by Gasteiger charge is 2.34. The third-order valence-electron chi connectivity index (χ3n) is 5.21. The first-order valence-electron chi connectivity index (χ1n) is 8.64. The monoisotopic (exact) mass is 312 g/mol. The maximum atomic E-state index is 5.60. The molecule has 0 radical (unpaired) electrons. The minimum Gasteiger partial charge on any atom is -0.356 e. The van der Waals surface area contributed by atoms with E-state index in [1.165, 1.54) is 38.8 Å². The first kappa shape index (κ1) is 14.8. The Kier molecular flexibility index (Phi) is 3.68. The zero-order chi connectivity index (χ0) is 16.0. The number of aryl methyl sites for hydroxylation is 2. The number of likely N-dealkylation sites (tertiary alicyclic amines) is 1. The van der Waals surface area contributed by atoms with E-state index in [2.05, 4.69) is 22.0 Å². The molecule has 1 saturated carbocycles. The Morgan fingerprint density at radius 2 is 2.04 bits per heavy atom. The molecular formula is C18H24N4O. The lowest BCUT2D eigenvalue weighted by atomic mass is 10.0. The molecule has 4 rings (SSSR count). The molecule has 1 aliphatic carbocycles. The SMILES string of the molecule is Cc1ncc(-c2onc(C)c2C)c(C2CCCN2CC2CC2)n1. The molecule has 0 spiro atoms. The predicted octanol–water partition coefficient (Wildman–Crippen LogP) is 3.60. The Hall–Kier alpha value is -1.75. The van der Waals surface area contributed by atoms with Crippen molar-refractivity contribution >= 4 is 0 Å². The lowest BCUT2D eigenvalue weighted by molar-refractivity contribution is 0.242. The molecule has 1 saturated heterocycles. The van der Waals surface area contributed by atoms with Crippen molar-refractivity contribution < 1.29 is 4.52 Å². The standard InChI is InChI=1S/C18H24N4O/c1-11-12(2)21-23-18(11)15-9-19-13(3)20-17(15)16-5-4-8-22(16)10-14-6-7-14/h9,14,16H,4-8,10H2,1-3H3. The molecule has 5 nitrogen and oxygen atoms in total. The number of nitrogens with zero attached hydrogens (tertiary/aromatic N) is 4. The van der Waals surface area contributed by atoms with Crippen LogP contribution in [0.25, 0.3) is 11.3 Å². The normalized spacial score (nSPS) is 22.0. The second-order valence-corrected chi connectivity index (χ2v) is 7.03. The van der Waals surface area contributed by atoms with E-state index in [1.54, 1.807) is 0 Å². The maximum Gasteiger partial charge on any atom is 0.173 e. The van der Waals surface area contributed by atoms with Gasteiger partial charge >= 0.3 is 0 Å². The van der Waals surface area contributed by atoms with Gasteiger partial charge in [0, 0.05) is 18.3 Å². The van der Waals surface area contributed by atoms with Crippen molar-refractivity contribution in [2.24, 2.45) is 5.92 Å². The molecule has 2 aliphatic rings. The van der Waals surface area contributed by atoms with Crippen molar-refractivity contribution in [2.45, 2.75) is 52.5 Å². The molecule has 1 aliphatic heterocycles. The van der Waals surface area contributed by atoms with Crippen LogP contribution < -0.4 is 0 Å². The first-order valence-corrected chi connectivity index (χ1v) is 8.64. The molecule has 0 N–H and O–H groups in total. The molecule has 2 fully saturated rings. The van der Waals surface area contributed by atoms with Gasteiger partial charge in [0.05, 0.1) is 23.0 Å². The van der Waals surface area contributed by atoms with E-state index in [9.17, 15) is 0 Å². The molecule has 122 valence electrons. The summed E-state index contributed by atoms with van der Waals surface area (Å²) in [5, 5.41) is 4.12. The lowest BCUT2D eigenvalue weighted by Crippen LogP contribution is -2.27. The van der Waals surface area contributed by atoms with Crippen LogP contribution in [0.4, 0.5) is 0 Å². The van der Waals surface area contributed by atoms with E-state index < -0.39 is 0 Å². The van der Waals surface area contributed by atoms with E-state index in [1.807, 2.05) is 20.0 Å². The Morgan fingerprint density at radius 3 is 2.74 bits per heavy atom. The summed E-state index contributed by atoms with van der Waals surface area (Å²) in [6.07, 6.45) is 7.10. The van der Waals surface area contributed by atoms with Crippen LogP contribution in [0.15, 0.2) is 10.7 Å². The predicted molar refractivity (Wildman–Crippen MR) is 88.0 cm³/mol. The highest BCUT2D eigenvalue weighted by atomic mass is 16.5. The smallest absolute Gasteiger partial charge is 0.173 e. The first-order chi connectivity index (χ1) is 11.1. The molecule has 1 atom stereocenters. The highest BCUT2D eigenvalue weighted by Crippen LogP contribution is 2.40. The second-order valence-electron chi connectivity index (χ2n) is 7.03. The number of aromatic nitrogens is 3. The third-order valence-corrected chi connectivity index (χ3v) is 5.21. The van der Waals surface area contributed by atoms with Crippen molar-refractivity contribution in [2.75, 3.05) is 13.1 Å². The van der Waals surface area contributed by atoms with Crippen LogP contribution in [0.3, 0.4) is 0 Å². The van der Waals surface area contributed by atoms with E-state index >= 15 is 0 Å². The van der Waals surface area contributed by atoms with Crippen molar-refractivity contribution in [3.63, 3.8) is 0 Å². The van der Waals surface area contributed by atoms with Gasteiger partial charge in [-0.3, -0.25) is 4.90 Å². The van der Waals surface area contributed by atoms with Gasteiger partial charge in [-0.2, -0.15) is 0 Å². The number of rotatable bonds is 4. The van der Waals surface area contributed by atoms with Crippen LogP contribution in [-0.2, 0) is 0 Å². The zero-order valence-corrected chi connectivity index (χ0v) is 14.2. The summed E-state index contributed by atoms with van der Waals surface area (Å²) < 4.78 is 5.60. The average Bonchev–Trinajstić information content (AvgIpc) is 3.13. The van der Waals surface area contributed by atoms with E-state index in [4.69, 9.17) is 9.51 Å². The van der Waals surface area contributed by atoms with Crippen molar-refractivity contribution in [3.05, 3.63) is 29.0 Å². The van der Waals surface area contributed by atoms with Crippen molar-refractivity contribution in [3.8, 4) is 11.3 Å². The number of hydrogen-bond donors (Lipinski definition) is 0. The van der Waals surface area contributed by atoms with Gasteiger partial charge in [-0.15, -0.1) is 0 Å². The summed E-state index contributed by atoms with van der Waals surface area (Å²) in [5.74, 6) is 2.56. The average molecular weight is 312 g/mol. The zero-order valence-electron chi connectivity index (χ0n) is 14.2. The van der Waals surface area contributed by atoms with Crippen LogP contribution in [0.5, 0.6) is 0 Å². The Bertz CT molecular complexity index is 720. The van der Waals surface area contributed by atoms with Gasteiger partial charge in [0.25, 0.3) is 0 Å². The summed E-state index contributed by atoms with van der Waals surface area (Å²) in [7, 11) is 0. The molecule has 0 bridgehead atoms.